The van der Waals surface area contributed by atoms with Crippen LogP contribution in [0.1, 0.15) is 26.7 Å². The largest absolute Gasteiger partial charge is 0.344 e. The molecule has 16 heavy (non-hydrogen) atoms. The van der Waals surface area contributed by atoms with E-state index in [9.17, 15) is 9.59 Å². The molecule has 0 radical (unpaired) electrons. The minimum Gasteiger partial charge on any atom is -0.344 e. The summed E-state index contributed by atoms with van der Waals surface area (Å²) in [4.78, 5) is 24.8. The van der Waals surface area contributed by atoms with E-state index in [0.717, 1.165) is 25.9 Å². The maximum Gasteiger partial charge on any atom is 0.245 e. The van der Waals surface area contributed by atoms with Crippen LogP contribution in [0.5, 0.6) is 0 Å². The number of rotatable bonds is 3. The van der Waals surface area contributed by atoms with E-state index in [-0.39, 0.29) is 11.8 Å². The second-order valence-corrected chi connectivity index (χ2v) is 4.81. The van der Waals surface area contributed by atoms with Crippen LogP contribution in [0.4, 0.5) is 0 Å². The van der Waals surface area contributed by atoms with Crippen LogP contribution in [0.3, 0.4) is 0 Å². The van der Waals surface area contributed by atoms with Crippen LogP contribution in [-0.4, -0.2) is 41.6 Å². The lowest BCUT2D eigenvalue weighted by Gasteiger charge is -2.32. The van der Waals surface area contributed by atoms with Crippen molar-refractivity contribution in [1.82, 2.24) is 10.2 Å². The number of thiol groups is 1. The summed E-state index contributed by atoms with van der Waals surface area (Å²) in [6.45, 7) is 5.21. The number of nitrogens with one attached hydrogen (secondary N) is 1. The molecule has 1 unspecified atom stereocenters. The first-order chi connectivity index (χ1) is 7.54. The lowest BCUT2D eigenvalue weighted by Crippen LogP contribution is -2.51. The van der Waals surface area contributed by atoms with E-state index in [2.05, 4.69) is 24.9 Å². The van der Waals surface area contributed by atoms with E-state index in [0.29, 0.717) is 11.7 Å². The Bertz CT molecular complexity index is 263. The Kier molecular flexibility index (Phi) is 5.12. The summed E-state index contributed by atoms with van der Waals surface area (Å²) < 4.78 is 0. The molecule has 1 aliphatic heterocycles. The topological polar surface area (TPSA) is 49.4 Å². The molecule has 0 bridgehead atoms. The zero-order valence-corrected chi connectivity index (χ0v) is 10.8. The van der Waals surface area contributed by atoms with Gasteiger partial charge < -0.3 is 10.2 Å². The van der Waals surface area contributed by atoms with Gasteiger partial charge in [0.1, 0.15) is 6.04 Å². The van der Waals surface area contributed by atoms with Crippen LogP contribution in [0.25, 0.3) is 0 Å². The highest BCUT2D eigenvalue weighted by Crippen LogP contribution is 2.16. The van der Waals surface area contributed by atoms with E-state index in [1.54, 1.807) is 0 Å². The highest BCUT2D eigenvalue weighted by atomic mass is 32.1. The summed E-state index contributed by atoms with van der Waals surface area (Å²) in [5.41, 5.74) is 0. The number of carbonyl (C=O) groups is 2. The molecule has 1 saturated heterocycles. The lowest BCUT2D eigenvalue weighted by molar-refractivity contribution is -0.136. The predicted molar refractivity (Wildman–Crippen MR) is 66.4 cm³/mol. The molecule has 2 amide bonds. The van der Waals surface area contributed by atoms with Crippen LogP contribution < -0.4 is 5.32 Å². The maximum atomic E-state index is 12.0. The Hall–Kier alpha value is -0.710. The second kappa shape index (κ2) is 6.13. The monoisotopic (exact) mass is 244 g/mol. The number of hydrogen-bond donors (Lipinski definition) is 2. The normalized spacial score (nSPS) is 19.3. The van der Waals surface area contributed by atoms with Gasteiger partial charge in [0.15, 0.2) is 0 Å². The van der Waals surface area contributed by atoms with Crippen molar-refractivity contribution in [3.8, 4) is 0 Å². The Balaban J connectivity index is 2.51. The summed E-state index contributed by atoms with van der Waals surface area (Å²) in [7, 11) is 0. The molecular weight excluding hydrogens is 224 g/mol. The zero-order chi connectivity index (χ0) is 12.1. The van der Waals surface area contributed by atoms with Gasteiger partial charge in [-0.05, 0) is 18.8 Å². The third-order valence-electron chi connectivity index (χ3n) is 2.95. The van der Waals surface area contributed by atoms with E-state index in [4.69, 9.17) is 0 Å². The van der Waals surface area contributed by atoms with Gasteiger partial charge in [-0.2, -0.15) is 12.6 Å². The number of hydrogen-bond acceptors (Lipinski definition) is 3. The minimum absolute atomic E-state index is 0.00269. The summed E-state index contributed by atoms with van der Waals surface area (Å²) in [5.74, 6) is 0.860. The Morgan fingerprint density at radius 3 is 2.44 bits per heavy atom. The van der Waals surface area contributed by atoms with Crippen molar-refractivity contribution in [2.45, 2.75) is 32.7 Å². The van der Waals surface area contributed by atoms with Crippen LogP contribution in [0.2, 0.25) is 0 Å². The summed E-state index contributed by atoms with van der Waals surface area (Å²) in [6, 6.07) is -0.478. The fourth-order valence-corrected chi connectivity index (χ4v) is 2.13. The molecule has 0 spiro atoms. The molecular formula is C11H20N2O2S. The molecule has 1 atom stereocenters. The Morgan fingerprint density at radius 1 is 1.44 bits per heavy atom. The fourth-order valence-electron chi connectivity index (χ4n) is 1.88. The fraction of sp³-hybridized carbons (Fsp3) is 0.818. The van der Waals surface area contributed by atoms with Gasteiger partial charge in [0.05, 0.1) is 0 Å². The summed E-state index contributed by atoms with van der Waals surface area (Å²) in [6.07, 6.45) is 2.09. The van der Waals surface area contributed by atoms with Crippen LogP contribution in [0, 0.1) is 5.92 Å². The van der Waals surface area contributed by atoms with Crippen molar-refractivity contribution < 1.29 is 9.59 Å². The van der Waals surface area contributed by atoms with Crippen molar-refractivity contribution in [2.24, 2.45) is 5.92 Å². The minimum atomic E-state index is -0.478. The number of nitrogens with zero attached hydrogens (tertiary/aromatic N) is 1. The molecule has 1 aliphatic rings. The van der Waals surface area contributed by atoms with Gasteiger partial charge in [-0.25, -0.2) is 0 Å². The summed E-state index contributed by atoms with van der Waals surface area (Å²) in [5, 5.41) is 2.63. The first-order valence-electron chi connectivity index (χ1n) is 5.71. The second-order valence-electron chi connectivity index (χ2n) is 4.44. The Labute approximate surface area is 102 Å². The quantitative estimate of drug-likeness (QED) is 0.717. The average molecular weight is 244 g/mol. The van der Waals surface area contributed by atoms with E-state index >= 15 is 0 Å². The van der Waals surface area contributed by atoms with E-state index < -0.39 is 6.04 Å². The molecule has 1 fully saturated rings. The highest BCUT2D eigenvalue weighted by molar-refractivity contribution is 7.80. The smallest absolute Gasteiger partial charge is 0.245 e. The van der Waals surface area contributed by atoms with Gasteiger partial charge >= 0.3 is 0 Å². The maximum absolute atomic E-state index is 12.0. The van der Waals surface area contributed by atoms with Gasteiger partial charge in [-0.1, -0.05) is 6.92 Å². The molecule has 0 aromatic carbocycles. The van der Waals surface area contributed by atoms with Crippen LogP contribution in [-0.2, 0) is 9.59 Å². The van der Waals surface area contributed by atoms with Gasteiger partial charge in [-0.15, -0.1) is 0 Å². The van der Waals surface area contributed by atoms with Crippen molar-refractivity contribution in [2.75, 3.05) is 18.8 Å². The molecule has 5 heteroatoms. The molecule has 0 aliphatic carbocycles. The van der Waals surface area contributed by atoms with Gasteiger partial charge in [-0.3, -0.25) is 9.59 Å². The van der Waals surface area contributed by atoms with Crippen molar-refractivity contribution >= 4 is 24.4 Å². The van der Waals surface area contributed by atoms with E-state index in [1.165, 1.54) is 6.92 Å². The molecule has 1 N–H and O–H groups in total. The molecule has 4 nitrogen and oxygen atoms in total. The van der Waals surface area contributed by atoms with Gasteiger partial charge in [0.2, 0.25) is 11.8 Å². The molecule has 1 heterocycles. The zero-order valence-electron chi connectivity index (χ0n) is 9.90. The molecule has 0 saturated carbocycles. The summed E-state index contributed by atoms with van der Waals surface area (Å²) >= 11 is 4.10. The van der Waals surface area contributed by atoms with E-state index in [1.807, 2.05) is 4.90 Å². The number of piperidine rings is 1. The highest BCUT2D eigenvalue weighted by Gasteiger charge is 2.26. The number of likely N-dealkylation sites (tertiary alicyclic amines) is 1. The van der Waals surface area contributed by atoms with Crippen molar-refractivity contribution in [3.05, 3.63) is 0 Å². The van der Waals surface area contributed by atoms with Crippen molar-refractivity contribution in [3.63, 3.8) is 0 Å². The third-order valence-corrected chi connectivity index (χ3v) is 3.32. The van der Waals surface area contributed by atoms with Crippen LogP contribution >= 0.6 is 12.6 Å². The molecule has 0 aromatic heterocycles. The standard InChI is InChI=1S/C11H20N2O2S/c1-8-3-5-13(6-4-8)11(15)10(7-16)12-9(2)14/h8,10,16H,3-7H2,1-2H3,(H,12,14). The predicted octanol–water partition coefficient (Wildman–Crippen LogP) is 0.679. The number of amides is 2. The van der Waals surface area contributed by atoms with Gasteiger partial charge in [0, 0.05) is 25.8 Å². The van der Waals surface area contributed by atoms with Crippen LogP contribution in [0.15, 0.2) is 0 Å². The molecule has 1 rings (SSSR count). The first kappa shape index (κ1) is 13.4. The Morgan fingerprint density at radius 2 is 2.00 bits per heavy atom. The average Bonchev–Trinajstić information content (AvgIpc) is 2.25. The first-order valence-corrected chi connectivity index (χ1v) is 6.34. The lowest BCUT2D eigenvalue weighted by atomic mass is 9.99. The third kappa shape index (κ3) is 3.70. The molecule has 92 valence electrons. The SMILES string of the molecule is CC(=O)NC(CS)C(=O)N1CCC(C)CC1. The van der Waals surface area contributed by atoms with Crippen molar-refractivity contribution in [1.29, 1.82) is 0 Å². The molecule has 0 aromatic rings. The number of carbonyl (C=O) groups excluding carboxylic acids is 2. The van der Waals surface area contributed by atoms with Gasteiger partial charge in [0.25, 0.3) is 0 Å².